The summed E-state index contributed by atoms with van der Waals surface area (Å²) in [6.45, 7) is 1.29. The smallest absolute Gasteiger partial charge is 0.257 e. The van der Waals surface area contributed by atoms with Gasteiger partial charge in [0.1, 0.15) is 0 Å². The average Bonchev–Trinajstić information content (AvgIpc) is 2.47. The van der Waals surface area contributed by atoms with E-state index in [0.717, 1.165) is 12.8 Å². The number of nitrogens with zero attached hydrogens (tertiary/aromatic N) is 1. The number of carbonyl (C=O) groups excluding carboxylic acids is 1. The van der Waals surface area contributed by atoms with Gasteiger partial charge in [0, 0.05) is 20.2 Å². The van der Waals surface area contributed by atoms with E-state index >= 15 is 0 Å². The zero-order valence-corrected chi connectivity index (χ0v) is 11.3. The highest BCUT2D eigenvalue weighted by Gasteiger charge is 2.25. The first-order valence-electron chi connectivity index (χ1n) is 6.35. The quantitative estimate of drug-likeness (QED) is 0.902. The van der Waals surface area contributed by atoms with Crippen molar-refractivity contribution in [3.8, 4) is 11.5 Å². The number of likely N-dealkylation sites (tertiary alicyclic amines) is 1. The number of amides is 1. The molecular formula is C14H19NO4. The van der Waals surface area contributed by atoms with Crippen LogP contribution in [0.15, 0.2) is 18.2 Å². The Hall–Kier alpha value is -1.75. The van der Waals surface area contributed by atoms with Gasteiger partial charge in [-0.2, -0.15) is 0 Å². The highest BCUT2D eigenvalue weighted by molar-refractivity contribution is 5.97. The van der Waals surface area contributed by atoms with Crippen LogP contribution in [0.3, 0.4) is 0 Å². The van der Waals surface area contributed by atoms with Crippen LogP contribution in [0.5, 0.6) is 11.5 Å². The van der Waals surface area contributed by atoms with E-state index in [-0.39, 0.29) is 23.3 Å². The van der Waals surface area contributed by atoms with Crippen LogP contribution in [0.4, 0.5) is 0 Å². The average molecular weight is 265 g/mol. The third kappa shape index (κ3) is 2.81. The van der Waals surface area contributed by atoms with Gasteiger partial charge < -0.3 is 19.5 Å². The van der Waals surface area contributed by atoms with E-state index in [1.165, 1.54) is 7.11 Å². The fraction of sp³-hybridized carbons (Fsp3) is 0.500. The minimum atomic E-state index is -0.161. The number of benzene rings is 1. The van der Waals surface area contributed by atoms with Crippen LogP contribution in [0.1, 0.15) is 23.2 Å². The maximum Gasteiger partial charge on any atom is 0.257 e. The third-order valence-electron chi connectivity index (χ3n) is 3.51. The highest BCUT2D eigenvalue weighted by Crippen LogP contribution is 2.30. The largest absolute Gasteiger partial charge is 0.504 e. The summed E-state index contributed by atoms with van der Waals surface area (Å²) in [5, 5.41) is 9.99. The molecule has 1 aliphatic rings. The van der Waals surface area contributed by atoms with E-state index in [2.05, 4.69) is 0 Å². The summed E-state index contributed by atoms with van der Waals surface area (Å²) in [4.78, 5) is 14.1. The van der Waals surface area contributed by atoms with Crippen LogP contribution in [-0.2, 0) is 4.74 Å². The van der Waals surface area contributed by atoms with Crippen LogP contribution < -0.4 is 4.74 Å². The third-order valence-corrected chi connectivity index (χ3v) is 3.51. The second kappa shape index (κ2) is 5.93. The molecule has 1 aliphatic heterocycles. The van der Waals surface area contributed by atoms with Gasteiger partial charge in [-0.05, 0) is 25.0 Å². The molecule has 1 aromatic carbocycles. The number of phenolic OH excluding ortho intramolecular Hbond substituents is 1. The number of hydrogen-bond acceptors (Lipinski definition) is 4. The monoisotopic (exact) mass is 265 g/mol. The Balaban J connectivity index is 2.12. The molecule has 0 atom stereocenters. The lowest BCUT2D eigenvalue weighted by Gasteiger charge is -2.31. The molecule has 19 heavy (non-hydrogen) atoms. The maximum absolute atomic E-state index is 12.4. The fourth-order valence-electron chi connectivity index (χ4n) is 2.32. The molecular weight excluding hydrogens is 246 g/mol. The van der Waals surface area contributed by atoms with E-state index < -0.39 is 0 Å². The van der Waals surface area contributed by atoms with Gasteiger partial charge in [-0.3, -0.25) is 4.79 Å². The maximum atomic E-state index is 12.4. The molecule has 0 bridgehead atoms. The van der Waals surface area contributed by atoms with Crippen molar-refractivity contribution in [3.05, 3.63) is 23.8 Å². The molecule has 0 radical (unpaired) electrons. The molecule has 1 heterocycles. The van der Waals surface area contributed by atoms with Crippen molar-refractivity contribution >= 4 is 5.91 Å². The van der Waals surface area contributed by atoms with Crippen LogP contribution in [-0.4, -0.2) is 49.3 Å². The van der Waals surface area contributed by atoms with Crippen molar-refractivity contribution in [3.63, 3.8) is 0 Å². The summed E-state index contributed by atoms with van der Waals surface area (Å²) in [6.07, 6.45) is 1.88. The number of hydrogen-bond donors (Lipinski definition) is 1. The number of ether oxygens (including phenoxy) is 2. The van der Waals surface area contributed by atoms with Gasteiger partial charge >= 0.3 is 0 Å². The summed E-state index contributed by atoms with van der Waals surface area (Å²) in [5.41, 5.74) is 0.287. The Morgan fingerprint density at radius 2 is 2.00 bits per heavy atom. The first-order valence-corrected chi connectivity index (χ1v) is 6.35. The number of rotatable bonds is 3. The lowest BCUT2D eigenvalue weighted by atomic mass is 10.1. The van der Waals surface area contributed by atoms with Crippen LogP contribution in [0.25, 0.3) is 0 Å². The summed E-state index contributed by atoms with van der Waals surface area (Å²) < 4.78 is 10.3. The van der Waals surface area contributed by atoms with E-state index in [4.69, 9.17) is 9.47 Å². The van der Waals surface area contributed by atoms with Crippen molar-refractivity contribution in [2.45, 2.75) is 18.9 Å². The molecule has 2 rings (SSSR count). The van der Waals surface area contributed by atoms with Crippen molar-refractivity contribution < 1.29 is 19.4 Å². The summed E-state index contributed by atoms with van der Waals surface area (Å²) in [7, 11) is 3.16. The predicted octanol–water partition coefficient (Wildman–Crippen LogP) is 1.65. The van der Waals surface area contributed by atoms with E-state index in [1.807, 2.05) is 0 Å². The molecule has 0 aromatic heterocycles. The molecule has 5 nitrogen and oxygen atoms in total. The predicted molar refractivity (Wildman–Crippen MR) is 70.6 cm³/mol. The number of piperidine rings is 1. The number of carbonyl (C=O) groups is 1. The minimum absolute atomic E-state index is 0.0936. The van der Waals surface area contributed by atoms with Gasteiger partial charge in [-0.25, -0.2) is 0 Å². The van der Waals surface area contributed by atoms with Gasteiger partial charge in [0.05, 0.1) is 18.8 Å². The molecule has 1 N–H and O–H groups in total. The standard InChI is InChI=1S/C14H19NO4/c1-18-10-6-8-15(9-7-10)14(17)11-4-3-5-12(19-2)13(11)16/h3-5,10,16H,6-9H2,1-2H3. The molecule has 1 saturated heterocycles. The van der Waals surface area contributed by atoms with Crippen molar-refractivity contribution in [2.75, 3.05) is 27.3 Å². The SMILES string of the molecule is COc1cccc(C(=O)N2CCC(OC)CC2)c1O. The molecule has 0 spiro atoms. The lowest BCUT2D eigenvalue weighted by Crippen LogP contribution is -2.40. The van der Waals surface area contributed by atoms with Crippen LogP contribution in [0.2, 0.25) is 0 Å². The molecule has 1 aromatic rings. The van der Waals surface area contributed by atoms with Crippen LogP contribution >= 0.6 is 0 Å². The second-order valence-corrected chi connectivity index (χ2v) is 4.58. The molecule has 0 unspecified atom stereocenters. The molecule has 1 amide bonds. The number of phenols is 1. The normalized spacial score (nSPS) is 16.4. The van der Waals surface area contributed by atoms with E-state index in [1.54, 1.807) is 30.2 Å². The van der Waals surface area contributed by atoms with Gasteiger partial charge in [-0.1, -0.05) is 6.07 Å². The molecule has 104 valence electrons. The summed E-state index contributed by atoms with van der Waals surface area (Å²) in [6, 6.07) is 4.94. The zero-order valence-electron chi connectivity index (χ0n) is 11.3. The number of para-hydroxylation sites is 1. The van der Waals surface area contributed by atoms with Gasteiger partial charge in [0.2, 0.25) is 0 Å². The molecule has 0 aliphatic carbocycles. The Labute approximate surface area is 112 Å². The number of aromatic hydroxyl groups is 1. The Kier molecular flexibility index (Phi) is 4.27. The highest BCUT2D eigenvalue weighted by atomic mass is 16.5. The molecule has 1 fully saturated rings. The Bertz CT molecular complexity index is 453. The van der Waals surface area contributed by atoms with Gasteiger partial charge in [-0.15, -0.1) is 0 Å². The molecule has 5 heteroatoms. The molecule has 0 saturated carbocycles. The Morgan fingerprint density at radius 1 is 1.32 bits per heavy atom. The minimum Gasteiger partial charge on any atom is -0.504 e. The van der Waals surface area contributed by atoms with E-state index in [0.29, 0.717) is 18.8 Å². The first kappa shape index (κ1) is 13.7. The topological polar surface area (TPSA) is 59.0 Å². The van der Waals surface area contributed by atoms with Gasteiger partial charge in [0.25, 0.3) is 5.91 Å². The zero-order chi connectivity index (χ0) is 13.8. The van der Waals surface area contributed by atoms with E-state index in [9.17, 15) is 9.90 Å². The van der Waals surface area contributed by atoms with Crippen molar-refractivity contribution in [2.24, 2.45) is 0 Å². The van der Waals surface area contributed by atoms with Crippen LogP contribution in [0, 0.1) is 0 Å². The first-order chi connectivity index (χ1) is 9.17. The number of methoxy groups -OCH3 is 2. The van der Waals surface area contributed by atoms with Crippen molar-refractivity contribution in [1.29, 1.82) is 0 Å². The summed E-state index contributed by atoms with van der Waals surface area (Å²) >= 11 is 0. The Morgan fingerprint density at radius 3 is 2.58 bits per heavy atom. The van der Waals surface area contributed by atoms with Crippen molar-refractivity contribution in [1.82, 2.24) is 4.90 Å². The summed E-state index contributed by atoms with van der Waals surface area (Å²) in [5.74, 6) is 0.0624. The van der Waals surface area contributed by atoms with Gasteiger partial charge in [0.15, 0.2) is 11.5 Å². The lowest BCUT2D eigenvalue weighted by molar-refractivity contribution is 0.0349. The fourth-order valence-corrected chi connectivity index (χ4v) is 2.32. The second-order valence-electron chi connectivity index (χ2n) is 4.58.